The number of hydrogen-bond donors (Lipinski definition) is 1. The van der Waals surface area contributed by atoms with E-state index in [1.54, 1.807) is 6.33 Å². The summed E-state index contributed by atoms with van der Waals surface area (Å²) in [6.45, 7) is 8.49. The van der Waals surface area contributed by atoms with Crippen LogP contribution >= 0.6 is 12.2 Å². The monoisotopic (exact) mass is 241 g/mol. The number of aromatic nitrogens is 3. The fourth-order valence-corrected chi connectivity index (χ4v) is 1.70. The third kappa shape index (κ3) is 3.53. The molecule has 0 spiro atoms. The molecule has 0 radical (unpaired) electrons. The van der Waals surface area contributed by atoms with Crippen LogP contribution in [0.15, 0.2) is 6.33 Å². The lowest BCUT2D eigenvalue weighted by atomic mass is 10.4. The van der Waals surface area contributed by atoms with Crippen molar-refractivity contribution in [3.8, 4) is 0 Å². The van der Waals surface area contributed by atoms with Gasteiger partial charge in [0.25, 0.3) is 0 Å². The molecule has 5 nitrogen and oxygen atoms in total. The van der Waals surface area contributed by atoms with Gasteiger partial charge in [-0.3, -0.25) is 4.90 Å². The highest BCUT2D eigenvalue weighted by Crippen LogP contribution is 2.07. The van der Waals surface area contributed by atoms with E-state index in [-0.39, 0.29) is 0 Å². The predicted molar refractivity (Wildman–Crippen MR) is 68.1 cm³/mol. The van der Waals surface area contributed by atoms with Gasteiger partial charge in [-0.1, -0.05) is 19.1 Å². The van der Waals surface area contributed by atoms with Crippen LogP contribution in [0.5, 0.6) is 0 Å². The lowest BCUT2D eigenvalue weighted by Gasteiger charge is -2.20. The molecule has 2 N–H and O–H groups in total. The first kappa shape index (κ1) is 13.1. The van der Waals surface area contributed by atoms with Gasteiger partial charge >= 0.3 is 0 Å². The molecule has 16 heavy (non-hydrogen) atoms. The molecule has 90 valence electrons. The molecule has 6 heteroatoms. The average molecular weight is 241 g/mol. The molecule has 0 bridgehead atoms. The average Bonchev–Trinajstić information content (AvgIpc) is 2.64. The van der Waals surface area contributed by atoms with Crippen LogP contribution in [0.4, 0.5) is 0 Å². The van der Waals surface area contributed by atoms with Gasteiger partial charge < -0.3 is 5.73 Å². The summed E-state index contributed by atoms with van der Waals surface area (Å²) >= 11 is 4.91. The van der Waals surface area contributed by atoms with Crippen molar-refractivity contribution in [2.75, 3.05) is 13.1 Å². The van der Waals surface area contributed by atoms with Gasteiger partial charge in [-0.25, -0.2) is 9.67 Å². The Balaban J connectivity index is 2.70. The molecule has 0 amide bonds. The molecule has 1 aromatic rings. The molecule has 0 atom stereocenters. The molecule has 1 heterocycles. The van der Waals surface area contributed by atoms with Crippen molar-refractivity contribution in [3.05, 3.63) is 12.2 Å². The fourth-order valence-electron chi connectivity index (χ4n) is 1.52. The summed E-state index contributed by atoms with van der Waals surface area (Å²) in [5.74, 6) is 0.952. The Morgan fingerprint density at radius 1 is 1.62 bits per heavy atom. The summed E-state index contributed by atoms with van der Waals surface area (Å²) in [5.41, 5.74) is 5.54. The first-order chi connectivity index (χ1) is 7.54. The zero-order chi connectivity index (χ0) is 12.1. The Bertz CT molecular complexity index is 347. The molecule has 0 saturated heterocycles. The zero-order valence-electron chi connectivity index (χ0n) is 10.1. The van der Waals surface area contributed by atoms with E-state index in [0.717, 1.165) is 18.9 Å². The summed E-state index contributed by atoms with van der Waals surface area (Å²) in [6.07, 6.45) is 1.59. The largest absolute Gasteiger partial charge is 0.392 e. The number of hydrogen-bond acceptors (Lipinski definition) is 4. The SMILES string of the molecule is CCN(CC(N)=S)Cc1ncnn1C(C)C. The highest BCUT2D eigenvalue weighted by Gasteiger charge is 2.12. The summed E-state index contributed by atoms with van der Waals surface area (Å²) in [4.78, 5) is 6.91. The van der Waals surface area contributed by atoms with E-state index in [1.165, 1.54) is 0 Å². The molecule has 0 aliphatic heterocycles. The van der Waals surface area contributed by atoms with Crippen molar-refractivity contribution in [3.63, 3.8) is 0 Å². The maximum Gasteiger partial charge on any atom is 0.141 e. The maximum atomic E-state index is 5.54. The highest BCUT2D eigenvalue weighted by molar-refractivity contribution is 7.80. The van der Waals surface area contributed by atoms with Gasteiger partial charge in [0.15, 0.2) is 0 Å². The number of thiocarbonyl (C=S) groups is 1. The summed E-state index contributed by atoms with van der Waals surface area (Å²) in [6, 6.07) is 0.320. The van der Waals surface area contributed by atoms with Gasteiger partial charge in [-0.05, 0) is 20.4 Å². The smallest absolute Gasteiger partial charge is 0.141 e. The Morgan fingerprint density at radius 3 is 2.81 bits per heavy atom. The van der Waals surface area contributed by atoms with Crippen LogP contribution in [0.1, 0.15) is 32.6 Å². The number of likely N-dealkylation sites (N-methyl/N-ethyl adjacent to an activating group) is 1. The molecule has 0 fully saturated rings. The van der Waals surface area contributed by atoms with Gasteiger partial charge in [-0.15, -0.1) is 0 Å². The molecule has 0 aliphatic carbocycles. The molecule has 1 rings (SSSR count). The molecule has 1 aromatic heterocycles. The molecule has 0 aromatic carbocycles. The lowest BCUT2D eigenvalue weighted by Crippen LogP contribution is -2.33. The second kappa shape index (κ2) is 5.91. The van der Waals surface area contributed by atoms with E-state index < -0.39 is 0 Å². The van der Waals surface area contributed by atoms with Crippen molar-refractivity contribution in [2.24, 2.45) is 5.73 Å². The fraction of sp³-hybridized carbons (Fsp3) is 0.700. The van der Waals surface area contributed by atoms with E-state index in [9.17, 15) is 0 Å². The van der Waals surface area contributed by atoms with E-state index in [2.05, 4.69) is 35.8 Å². The number of nitrogens with two attached hydrogens (primary N) is 1. The third-order valence-electron chi connectivity index (χ3n) is 2.33. The summed E-state index contributed by atoms with van der Waals surface area (Å²) in [5, 5.41) is 4.20. The van der Waals surface area contributed by atoms with Gasteiger partial charge in [-0.2, -0.15) is 5.10 Å². The van der Waals surface area contributed by atoms with Gasteiger partial charge in [0.2, 0.25) is 0 Å². The van der Waals surface area contributed by atoms with Crippen molar-refractivity contribution in [2.45, 2.75) is 33.4 Å². The first-order valence-electron chi connectivity index (χ1n) is 5.43. The minimum Gasteiger partial charge on any atom is -0.392 e. The molecular formula is C10H19N5S. The van der Waals surface area contributed by atoms with Crippen LogP contribution in [0.25, 0.3) is 0 Å². The molecule has 0 saturated carbocycles. The normalized spacial score (nSPS) is 11.3. The van der Waals surface area contributed by atoms with Crippen molar-refractivity contribution < 1.29 is 0 Å². The van der Waals surface area contributed by atoms with Crippen LogP contribution < -0.4 is 5.73 Å². The summed E-state index contributed by atoms with van der Waals surface area (Å²) in [7, 11) is 0. The van der Waals surface area contributed by atoms with Crippen molar-refractivity contribution in [1.82, 2.24) is 19.7 Å². The Kier molecular flexibility index (Phi) is 4.82. The zero-order valence-corrected chi connectivity index (χ0v) is 10.9. The highest BCUT2D eigenvalue weighted by atomic mass is 32.1. The molecule has 0 unspecified atom stereocenters. The Labute approximate surface area is 102 Å². The first-order valence-corrected chi connectivity index (χ1v) is 5.84. The van der Waals surface area contributed by atoms with Crippen LogP contribution in [-0.2, 0) is 6.54 Å². The minimum atomic E-state index is 0.320. The number of rotatable bonds is 6. The Hall–Kier alpha value is -1.01. The standard InChI is InChI=1S/C10H19N5S/c1-4-14(5-9(11)16)6-10-12-7-13-15(10)8(2)3/h7-8H,4-6H2,1-3H3,(H2,11,16). The second-order valence-corrected chi connectivity index (χ2v) is 4.51. The van der Waals surface area contributed by atoms with Crippen molar-refractivity contribution in [1.29, 1.82) is 0 Å². The Morgan fingerprint density at radius 2 is 2.31 bits per heavy atom. The van der Waals surface area contributed by atoms with Crippen LogP contribution in [0.2, 0.25) is 0 Å². The van der Waals surface area contributed by atoms with E-state index in [1.807, 2.05) is 4.68 Å². The lowest BCUT2D eigenvalue weighted by molar-refractivity contribution is 0.300. The predicted octanol–water partition coefficient (Wildman–Crippen LogP) is 0.967. The van der Waals surface area contributed by atoms with E-state index in [4.69, 9.17) is 18.0 Å². The van der Waals surface area contributed by atoms with Gasteiger partial charge in [0.1, 0.15) is 12.2 Å². The minimum absolute atomic E-state index is 0.320. The maximum absolute atomic E-state index is 5.54. The quantitative estimate of drug-likeness (QED) is 0.752. The second-order valence-electron chi connectivity index (χ2n) is 3.98. The third-order valence-corrected chi connectivity index (χ3v) is 2.46. The summed E-state index contributed by atoms with van der Waals surface area (Å²) < 4.78 is 1.92. The van der Waals surface area contributed by atoms with Crippen LogP contribution in [-0.4, -0.2) is 37.7 Å². The molecular weight excluding hydrogens is 222 g/mol. The van der Waals surface area contributed by atoms with Crippen molar-refractivity contribution >= 4 is 17.2 Å². The van der Waals surface area contributed by atoms with Gasteiger partial charge in [0.05, 0.1) is 11.5 Å². The van der Waals surface area contributed by atoms with Gasteiger partial charge in [0, 0.05) is 12.6 Å². The molecule has 0 aliphatic rings. The topological polar surface area (TPSA) is 60.0 Å². The van der Waals surface area contributed by atoms with E-state index >= 15 is 0 Å². The number of nitrogens with zero attached hydrogens (tertiary/aromatic N) is 4. The van der Waals surface area contributed by atoms with Crippen LogP contribution in [0, 0.1) is 0 Å². The van der Waals surface area contributed by atoms with E-state index in [0.29, 0.717) is 17.6 Å². The van der Waals surface area contributed by atoms with Crippen LogP contribution in [0.3, 0.4) is 0 Å².